The van der Waals surface area contributed by atoms with Crippen molar-refractivity contribution in [2.24, 2.45) is 5.92 Å². The predicted molar refractivity (Wildman–Crippen MR) is 96.3 cm³/mol. The highest BCUT2D eigenvalue weighted by molar-refractivity contribution is 5.80. The number of rotatable bonds is 2. The lowest BCUT2D eigenvalue weighted by Gasteiger charge is -2.19. The van der Waals surface area contributed by atoms with E-state index in [-0.39, 0.29) is 23.8 Å². The molecule has 4 rings (SSSR count). The van der Waals surface area contributed by atoms with Crippen LogP contribution in [-0.2, 0) is 4.79 Å². The molecule has 0 spiro atoms. The van der Waals surface area contributed by atoms with Crippen LogP contribution < -0.4 is 10.6 Å². The van der Waals surface area contributed by atoms with Crippen molar-refractivity contribution in [3.05, 3.63) is 30.4 Å². The van der Waals surface area contributed by atoms with E-state index in [0.717, 1.165) is 44.3 Å². The van der Waals surface area contributed by atoms with E-state index in [4.69, 9.17) is 4.52 Å². The summed E-state index contributed by atoms with van der Waals surface area (Å²) >= 11 is 0. The summed E-state index contributed by atoms with van der Waals surface area (Å²) in [6, 6.07) is 3.94. The van der Waals surface area contributed by atoms with Gasteiger partial charge < -0.3 is 15.2 Å². The zero-order valence-corrected chi connectivity index (χ0v) is 14.9. The van der Waals surface area contributed by atoms with Crippen LogP contribution >= 0.6 is 0 Å². The first-order chi connectivity index (χ1) is 12.8. The van der Waals surface area contributed by atoms with E-state index in [9.17, 15) is 4.79 Å². The van der Waals surface area contributed by atoms with Gasteiger partial charge in [-0.25, -0.2) is 0 Å². The predicted octanol–water partition coefficient (Wildman–Crippen LogP) is 2.27. The molecule has 0 aromatic carbocycles. The quantitative estimate of drug-likeness (QED) is 0.858. The van der Waals surface area contributed by atoms with Crippen LogP contribution in [0.25, 0.3) is 11.4 Å². The van der Waals surface area contributed by atoms with Gasteiger partial charge >= 0.3 is 0 Å². The molecule has 3 heterocycles. The average Bonchev–Trinajstić information content (AvgIpc) is 3.31. The molecule has 26 heavy (non-hydrogen) atoms. The Labute approximate surface area is 153 Å². The third-order valence-corrected chi connectivity index (χ3v) is 5.42. The Hall–Kier alpha value is -2.28. The first kappa shape index (κ1) is 17.1. The molecule has 2 aromatic rings. The molecule has 7 nitrogen and oxygen atoms in total. The fourth-order valence-corrected chi connectivity index (χ4v) is 4.00. The van der Waals surface area contributed by atoms with Crippen molar-refractivity contribution in [2.75, 3.05) is 13.1 Å². The number of nitrogens with zero attached hydrogens (tertiary/aromatic N) is 3. The average molecular weight is 355 g/mol. The number of hydrogen-bond acceptors (Lipinski definition) is 6. The SMILES string of the molecule is O=C1NCCCCCCNC2CC(c3nc(-c4cccnc4)no3)CC12. The Morgan fingerprint density at radius 3 is 2.85 bits per heavy atom. The second-order valence-corrected chi connectivity index (χ2v) is 7.24. The first-order valence-electron chi connectivity index (χ1n) is 9.56. The molecular weight excluding hydrogens is 330 g/mol. The van der Waals surface area contributed by atoms with Crippen molar-refractivity contribution in [1.29, 1.82) is 0 Å². The summed E-state index contributed by atoms with van der Waals surface area (Å²) in [6.45, 7) is 1.74. The second kappa shape index (κ2) is 7.95. The number of hydrogen-bond donors (Lipinski definition) is 2. The van der Waals surface area contributed by atoms with Gasteiger partial charge in [0, 0.05) is 36.5 Å². The molecule has 1 saturated heterocycles. The maximum absolute atomic E-state index is 12.6. The zero-order chi connectivity index (χ0) is 17.8. The number of carbonyl (C=O) groups excluding carboxylic acids is 1. The highest BCUT2D eigenvalue weighted by atomic mass is 16.5. The lowest BCUT2D eigenvalue weighted by molar-refractivity contribution is -0.125. The van der Waals surface area contributed by atoms with Crippen LogP contribution in [0.15, 0.2) is 29.0 Å². The summed E-state index contributed by atoms with van der Waals surface area (Å²) in [6.07, 6.45) is 9.66. The summed E-state index contributed by atoms with van der Waals surface area (Å²) in [7, 11) is 0. The normalized spacial score (nSPS) is 27.4. The summed E-state index contributed by atoms with van der Waals surface area (Å²) in [5, 5.41) is 10.8. The topological polar surface area (TPSA) is 92.9 Å². The summed E-state index contributed by atoms with van der Waals surface area (Å²) < 4.78 is 5.53. The Morgan fingerprint density at radius 1 is 1.12 bits per heavy atom. The molecule has 0 radical (unpaired) electrons. The van der Waals surface area contributed by atoms with E-state index in [0.29, 0.717) is 11.7 Å². The van der Waals surface area contributed by atoms with E-state index in [1.807, 2.05) is 12.1 Å². The number of nitrogens with one attached hydrogen (secondary N) is 2. The number of fused-ring (bicyclic) bond motifs is 1. The monoisotopic (exact) mass is 355 g/mol. The second-order valence-electron chi connectivity index (χ2n) is 7.24. The Morgan fingerprint density at radius 2 is 2.00 bits per heavy atom. The smallest absolute Gasteiger partial charge is 0.230 e. The Balaban J connectivity index is 1.49. The molecule has 7 heteroatoms. The van der Waals surface area contributed by atoms with Crippen LogP contribution in [0.1, 0.15) is 50.3 Å². The number of carbonyl (C=O) groups is 1. The van der Waals surface area contributed by atoms with Gasteiger partial charge in [-0.05, 0) is 44.4 Å². The van der Waals surface area contributed by atoms with Crippen molar-refractivity contribution >= 4 is 5.91 Å². The molecule has 1 aliphatic carbocycles. The minimum atomic E-state index is -0.0353. The third-order valence-electron chi connectivity index (χ3n) is 5.42. The van der Waals surface area contributed by atoms with Gasteiger partial charge in [0.1, 0.15) is 0 Å². The molecular formula is C19H25N5O2. The van der Waals surface area contributed by atoms with Crippen LogP contribution in [0.2, 0.25) is 0 Å². The molecule has 2 aromatic heterocycles. The highest BCUT2D eigenvalue weighted by Crippen LogP contribution is 2.38. The molecule has 2 fully saturated rings. The lowest BCUT2D eigenvalue weighted by Crippen LogP contribution is -2.41. The van der Waals surface area contributed by atoms with Gasteiger partial charge in [0.15, 0.2) is 0 Å². The van der Waals surface area contributed by atoms with E-state index in [1.54, 1.807) is 12.4 Å². The van der Waals surface area contributed by atoms with Gasteiger partial charge in [-0.2, -0.15) is 4.98 Å². The highest BCUT2D eigenvalue weighted by Gasteiger charge is 2.41. The van der Waals surface area contributed by atoms with Gasteiger partial charge in [-0.3, -0.25) is 9.78 Å². The molecule has 138 valence electrons. The van der Waals surface area contributed by atoms with Gasteiger partial charge in [0.05, 0.1) is 5.92 Å². The molecule has 1 aliphatic heterocycles. The Kier molecular flexibility index (Phi) is 5.24. The van der Waals surface area contributed by atoms with Crippen molar-refractivity contribution in [3.8, 4) is 11.4 Å². The third kappa shape index (κ3) is 3.77. The van der Waals surface area contributed by atoms with Crippen molar-refractivity contribution in [2.45, 2.75) is 50.5 Å². The standard InChI is InChI=1S/C19H25N5O2/c25-18-15-10-14(11-16(15)21-8-3-1-2-4-9-22-18)19-23-17(24-26-19)13-6-5-7-20-12-13/h5-7,12,14-16,21H,1-4,8-11H2,(H,22,25). The van der Waals surface area contributed by atoms with Gasteiger partial charge in [-0.1, -0.05) is 18.0 Å². The minimum absolute atomic E-state index is 0.0353. The molecule has 2 N–H and O–H groups in total. The van der Waals surface area contributed by atoms with Gasteiger partial charge in [0.25, 0.3) is 0 Å². The molecule has 2 aliphatic rings. The largest absolute Gasteiger partial charge is 0.356 e. The number of pyridine rings is 1. The Bertz CT molecular complexity index is 733. The van der Waals surface area contributed by atoms with Crippen molar-refractivity contribution in [1.82, 2.24) is 25.8 Å². The van der Waals surface area contributed by atoms with Crippen molar-refractivity contribution in [3.63, 3.8) is 0 Å². The van der Waals surface area contributed by atoms with Crippen LogP contribution in [0.3, 0.4) is 0 Å². The summed E-state index contributed by atoms with van der Waals surface area (Å²) in [5.41, 5.74) is 0.839. The first-order valence-corrected chi connectivity index (χ1v) is 9.56. The van der Waals surface area contributed by atoms with Crippen molar-refractivity contribution < 1.29 is 9.32 Å². The molecule has 0 bridgehead atoms. The lowest BCUT2D eigenvalue weighted by atomic mass is 10.0. The molecule has 1 amide bonds. The van der Waals surface area contributed by atoms with E-state index < -0.39 is 0 Å². The fraction of sp³-hybridized carbons (Fsp3) is 0.579. The van der Waals surface area contributed by atoms with Gasteiger partial charge in [-0.15, -0.1) is 0 Å². The van der Waals surface area contributed by atoms with Gasteiger partial charge in [0.2, 0.25) is 17.6 Å². The summed E-state index contributed by atoms with van der Waals surface area (Å²) in [5.74, 6) is 1.41. The van der Waals surface area contributed by atoms with E-state index >= 15 is 0 Å². The minimum Gasteiger partial charge on any atom is -0.356 e. The zero-order valence-electron chi connectivity index (χ0n) is 14.9. The number of amides is 1. The molecule has 3 atom stereocenters. The number of aromatic nitrogens is 3. The maximum atomic E-state index is 12.6. The van der Waals surface area contributed by atoms with Crippen LogP contribution in [-0.4, -0.2) is 40.2 Å². The maximum Gasteiger partial charge on any atom is 0.230 e. The molecule has 3 unspecified atom stereocenters. The summed E-state index contributed by atoms with van der Waals surface area (Å²) in [4.78, 5) is 21.3. The van der Waals surface area contributed by atoms with E-state index in [2.05, 4.69) is 25.8 Å². The van der Waals surface area contributed by atoms with Crippen LogP contribution in [0.5, 0.6) is 0 Å². The fourth-order valence-electron chi connectivity index (χ4n) is 4.00. The molecule has 1 saturated carbocycles. The van der Waals surface area contributed by atoms with E-state index in [1.165, 1.54) is 12.8 Å². The van der Waals surface area contributed by atoms with Crippen LogP contribution in [0, 0.1) is 5.92 Å². The van der Waals surface area contributed by atoms with Crippen LogP contribution in [0.4, 0.5) is 0 Å².